The Balaban J connectivity index is 0.000000144. The molecule has 2 atom stereocenters. The molecule has 9 heavy (non-hydrogen) atoms. The molecule has 1 N–H and O–H groups in total. The van der Waals surface area contributed by atoms with Crippen molar-refractivity contribution in [2.45, 2.75) is 29.7 Å². The molecule has 0 spiro atoms. The van der Waals surface area contributed by atoms with Crippen LogP contribution in [0.15, 0.2) is 0 Å². The van der Waals surface area contributed by atoms with Crippen molar-refractivity contribution >= 4 is 27.9 Å². The van der Waals surface area contributed by atoms with Gasteiger partial charge in [-0.3, -0.25) is 0 Å². The molecule has 0 radical (unpaired) electrons. The molecule has 1 saturated heterocycles. The third kappa shape index (κ3) is 12.2. The Hall–Kier alpha value is 0.920. The van der Waals surface area contributed by atoms with Gasteiger partial charge in [0.2, 0.25) is 0 Å². The number of epoxide rings is 1. The van der Waals surface area contributed by atoms with Gasteiger partial charge >= 0.3 is 49.7 Å². The van der Waals surface area contributed by atoms with Gasteiger partial charge in [-0.05, 0) is 6.92 Å². The van der Waals surface area contributed by atoms with Gasteiger partial charge in [-0.1, -0.05) is 0 Å². The minimum absolute atomic E-state index is 0.0231. The first-order valence-electron chi connectivity index (χ1n) is 3.46. The van der Waals surface area contributed by atoms with E-state index in [1.54, 1.807) is 0 Å². The minimum atomic E-state index is 0.0231. The Morgan fingerprint density at radius 2 is 2.11 bits per heavy atom. The quantitative estimate of drug-likeness (QED) is 0.419. The second-order valence-electron chi connectivity index (χ2n) is 2.40. The van der Waals surface area contributed by atoms with E-state index in [1.807, 2.05) is 6.92 Å². The average Bonchev–Trinajstić information content (AvgIpc) is 2.53. The summed E-state index contributed by atoms with van der Waals surface area (Å²) in [7, 11) is 0. The predicted octanol–water partition coefficient (Wildman–Crippen LogP) is 0.288. The van der Waals surface area contributed by atoms with Crippen molar-refractivity contribution < 1.29 is 9.84 Å². The van der Waals surface area contributed by atoms with E-state index in [9.17, 15) is 0 Å². The van der Waals surface area contributed by atoms with Gasteiger partial charge in [0, 0.05) is 0 Å². The molecule has 1 heterocycles. The summed E-state index contributed by atoms with van der Waals surface area (Å²) in [4.78, 5) is 0. The van der Waals surface area contributed by atoms with Gasteiger partial charge < -0.3 is 4.74 Å². The molecule has 0 aromatic heterocycles. The summed E-state index contributed by atoms with van der Waals surface area (Å²) in [5.41, 5.74) is 0. The molecular weight excluding hydrogens is 127 g/mol. The van der Waals surface area contributed by atoms with E-state index in [4.69, 9.17) is 9.84 Å². The summed E-state index contributed by atoms with van der Waals surface area (Å²) in [6.07, 6.45) is 1.51. The van der Waals surface area contributed by atoms with E-state index in [2.05, 4.69) is 6.92 Å². The van der Waals surface area contributed by atoms with E-state index in [0.29, 0.717) is 6.10 Å². The number of hydrogen-bond acceptors (Lipinski definition) is 2. The Bertz CT molecular complexity index is 62.1. The molecule has 0 aliphatic carbocycles. The number of ether oxygens (including phenoxy) is 1. The molecule has 0 bridgehead atoms. The van der Waals surface area contributed by atoms with Crippen LogP contribution in [-0.4, -0.2) is 49.1 Å². The van der Waals surface area contributed by atoms with Gasteiger partial charge in [0.15, 0.2) is 0 Å². The van der Waals surface area contributed by atoms with Crippen molar-refractivity contribution in [2.24, 2.45) is 0 Å². The molecule has 1 aliphatic rings. The Morgan fingerprint density at radius 1 is 1.89 bits per heavy atom. The molecule has 0 aromatic carbocycles. The molecule has 0 aromatic rings. The van der Waals surface area contributed by atoms with Crippen molar-refractivity contribution in [1.82, 2.24) is 0 Å². The van der Waals surface area contributed by atoms with Crippen LogP contribution in [0, 0.1) is 0 Å². The van der Waals surface area contributed by atoms with Gasteiger partial charge in [-0.15, -0.1) is 0 Å². The SMILES string of the molecule is CC1CO1.CC[CH](O)[Na]. The molecule has 50 valence electrons. The van der Waals surface area contributed by atoms with Crippen LogP contribution < -0.4 is 0 Å². The summed E-state index contributed by atoms with van der Waals surface area (Å²) >= 11 is 0.925. The van der Waals surface area contributed by atoms with Gasteiger partial charge in [0.25, 0.3) is 0 Å². The first-order chi connectivity index (χ1) is 4.16. The molecule has 0 saturated carbocycles. The van der Waals surface area contributed by atoms with Crippen LogP contribution in [0.25, 0.3) is 0 Å². The fourth-order valence-corrected chi connectivity index (χ4v) is 0.0962. The topological polar surface area (TPSA) is 32.8 Å². The molecule has 1 fully saturated rings. The average molecular weight is 140 g/mol. The van der Waals surface area contributed by atoms with Crippen molar-refractivity contribution in [3.63, 3.8) is 0 Å². The van der Waals surface area contributed by atoms with E-state index in [0.717, 1.165) is 41.0 Å². The normalized spacial score (nSPS) is 26.1. The first kappa shape index (κ1) is 9.92. The van der Waals surface area contributed by atoms with Gasteiger partial charge in [0.05, 0.1) is 12.7 Å². The zero-order valence-corrected chi connectivity index (χ0v) is 8.42. The van der Waals surface area contributed by atoms with Crippen LogP contribution in [0.1, 0.15) is 20.3 Å². The molecule has 3 heteroatoms. The summed E-state index contributed by atoms with van der Waals surface area (Å²) in [5.74, 6) is 0. The molecule has 2 unspecified atom stereocenters. The summed E-state index contributed by atoms with van der Waals surface area (Å²) in [5, 5.41) is 8.42. The van der Waals surface area contributed by atoms with E-state index >= 15 is 0 Å². The van der Waals surface area contributed by atoms with E-state index < -0.39 is 0 Å². The number of aliphatic hydroxyl groups excluding tert-OH is 1. The van der Waals surface area contributed by atoms with Crippen LogP contribution in [0.4, 0.5) is 0 Å². The summed E-state index contributed by atoms with van der Waals surface area (Å²) in [6.45, 7) is 5.03. The Labute approximate surface area is 74.0 Å². The van der Waals surface area contributed by atoms with Gasteiger partial charge in [0.1, 0.15) is 0 Å². The maximum absolute atomic E-state index is 8.42. The predicted molar refractivity (Wildman–Crippen MR) is 37.5 cm³/mol. The first-order valence-corrected chi connectivity index (χ1v) is 4.62. The van der Waals surface area contributed by atoms with Gasteiger partial charge in [-0.2, -0.15) is 0 Å². The number of aliphatic hydroxyl groups is 1. The molecule has 2 nitrogen and oxygen atoms in total. The molecular formula is C6H13NaO2. The Morgan fingerprint density at radius 3 is 2.11 bits per heavy atom. The Kier molecular flexibility index (Phi) is 6.27. The van der Waals surface area contributed by atoms with Gasteiger partial charge in [-0.25, -0.2) is 0 Å². The number of hydrogen-bond donors (Lipinski definition) is 1. The van der Waals surface area contributed by atoms with Crippen molar-refractivity contribution in [3.8, 4) is 0 Å². The van der Waals surface area contributed by atoms with Crippen LogP contribution >= 0.6 is 0 Å². The third-order valence-electron chi connectivity index (χ3n) is 1.09. The molecule has 0 amide bonds. The zero-order valence-electron chi connectivity index (χ0n) is 6.42. The monoisotopic (exact) mass is 140 g/mol. The van der Waals surface area contributed by atoms with Crippen LogP contribution in [0.2, 0.25) is 0 Å². The summed E-state index contributed by atoms with van der Waals surface area (Å²) in [6, 6.07) is 0. The van der Waals surface area contributed by atoms with Crippen LogP contribution in [0.5, 0.6) is 0 Å². The zero-order chi connectivity index (χ0) is 7.28. The van der Waals surface area contributed by atoms with Crippen molar-refractivity contribution in [1.29, 1.82) is 0 Å². The second-order valence-corrected chi connectivity index (χ2v) is 3.73. The second kappa shape index (κ2) is 5.69. The van der Waals surface area contributed by atoms with Crippen molar-refractivity contribution in [2.75, 3.05) is 6.61 Å². The molecule has 1 rings (SSSR count). The van der Waals surface area contributed by atoms with E-state index in [1.165, 1.54) is 0 Å². The number of rotatable bonds is 1. The standard InChI is InChI=1S/C3H6O.C3H7O.Na/c1-3-2-4-3;1-2-3-4;/h3H,2H2,1H3;3-4H,2H2,1H3;. The maximum atomic E-state index is 8.42. The van der Waals surface area contributed by atoms with Crippen molar-refractivity contribution in [3.05, 3.63) is 0 Å². The summed E-state index contributed by atoms with van der Waals surface area (Å²) < 4.78 is 4.73. The molecule has 1 aliphatic heterocycles. The fourth-order valence-electron chi connectivity index (χ4n) is 0.0962. The van der Waals surface area contributed by atoms with E-state index in [-0.39, 0.29) is 3.35 Å². The fraction of sp³-hybridized carbons (Fsp3) is 1.00. The van der Waals surface area contributed by atoms with Crippen LogP contribution in [0.3, 0.4) is 0 Å². The third-order valence-corrected chi connectivity index (χ3v) is 1.91. The van der Waals surface area contributed by atoms with Crippen LogP contribution in [-0.2, 0) is 4.74 Å².